The van der Waals surface area contributed by atoms with Gasteiger partial charge in [0.05, 0.1) is 6.04 Å². The normalized spacial score (nSPS) is 20.9. The molecule has 0 fully saturated rings. The van der Waals surface area contributed by atoms with Crippen molar-refractivity contribution in [2.75, 3.05) is 11.9 Å². The van der Waals surface area contributed by atoms with Gasteiger partial charge in [0.2, 0.25) is 5.82 Å². The van der Waals surface area contributed by atoms with Crippen LogP contribution in [0.5, 0.6) is 5.75 Å². The predicted octanol–water partition coefficient (Wildman–Crippen LogP) is 2.22. The van der Waals surface area contributed by atoms with Crippen molar-refractivity contribution in [2.45, 2.75) is 45.2 Å². The number of nitrogens with zero attached hydrogens (tertiary/aromatic N) is 3. The summed E-state index contributed by atoms with van der Waals surface area (Å²) < 4.78 is 34.4. The van der Waals surface area contributed by atoms with E-state index < -0.39 is 29.5 Å². The first-order valence-electron chi connectivity index (χ1n) is 9.52. The molecular weight excluding hydrogens is 384 g/mol. The van der Waals surface area contributed by atoms with E-state index in [9.17, 15) is 18.4 Å². The summed E-state index contributed by atoms with van der Waals surface area (Å²) in [5, 5.41) is 9.19. The van der Waals surface area contributed by atoms with E-state index >= 15 is 0 Å². The number of hydrogen-bond acceptors (Lipinski definition) is 5. The van der Waals surface area contributed by atoms with Gasteiger partial charge in [-0.05, 0) is 18.8 Å². The van der Waals surface area contributed by atoms with Gasteiger partial charge < -0.3 is 15.4 Å². The zero-order valence-corrected chi connectivity index (χ0v) is 16.0. The summed E-state index contributed by atoms with van der Waals surface area (Å²) >= 11 is 0. The first-order valence-corrected chi connectivity index (χ1v) is 9.52. The lowest BCUT2D eigenvalue weighted by molar-refractivity contribution is -0.118. The molecule has 2 N–H and O–H groups in total. The Bertz CT molecular complexity index is 975. The number of halogens is 2. The number of aromatic nitrogens is 3. The lowest BCUT2D eigenvalue weighted by Crippen LogP contribution is -2.46. The largest absolute Gasteiger partial charge is 0.488 e. The number of hydrogen-bond donors (Lipinski definition) is 2. The van der Waals surface area contributed by atoms with Crippen molar-refractivity contribution in [3.05, 3.63) is 35.4 Å². The molecule has 0 spiro atoms. The highest BCUT2D eigenvalue weighted by molar-refractivity contribution is 6.01. The molecule has 2 atom stereocenters. The van der Waals surface area contributed by atoms with Crippen LogP contribution in [0.1, 0.15) is 49.2 Å². The second-order valence-electron chi connectivity index (χ2n) is 7.59. The maximum absolute atomic E-state index is 13.9. The molecule has 2 aliphatic rings. The molecular formula is C19H21F2N5O3. The molecule has 4 rings (SSSR count). The fourth-order valence-electron chi connectivity index (χ4n) is 3.67. The highest BCUT2D eigenvalue weighted by Gasteiger charge is 2.31. The molecule has 0 bridgehead atoms. The van der Waals surface area contributed by atoms with Gasteiger partial charge in [-0.1, -0.05) is 13.8 Å². The molecule has 2 amide bonds. The maximum Gasteiger partial charge on any atom is 0.291 e. The van der Waals surface area contributed by atoms with Gasteiger partial charge in [0.15, 0.2) is 5.82 Å². The van der Waals surface area contributed by atoms with Gasteiger partial charge in [-0.2, -0.15) is 0 Å². The molecule has 2 aliphatic heterocycles. The number of aryl methyl sites for hydroxylation is 1. The van der Waals surface area contributed by atoms with Gasteiger partial charge in [0, 0.05) is 18.6 Å². The maximum atomic E-state index is 13.9. The van der Waals surface area contributed by atoms with Crippen LogP contribution in [0.2, 0.25) is 0 Å². The number of benzene rings is 1. The Balaban J connectivity index is 1.51. The highest BCUT2D eigenvalue weighted by Crippen LogP contribution is 2.31. The van der Waals surface area contributed by atoms with Gasteiger partial charge >= 0.3 is 0 Å². The van der Waals surface area contributed by atoms with Gasteiger partial charge in [-0.3, -0.25) is 9.59 Å². The molecule has 2 unspecified atom stereocenters. The number of rotatable bonds is 3. The molecule has 0 aliphatic carbocycles. The second-order valence-corrected chi connectivity index (χ2v) is 7.59. The zero-order chi connectivity index (χ0) is 20.7. The first kappa shape index (κ1) is 19.3. The smallest absolute Gasteiger partial charge is 0.291 e. The Morgan fingerprint density at radius 3 is 2.93 bits per heavy atom. The third-order valence-corrected chi connectivity index (χ3v) is 5.18. The Morgan fingerprint density at radius 1 is 1.38 bits per heavy atom. The van der Waals surface area contributed by atoms with Crippen LogP contribution in [-0.2, 0) is 11.2 Å². The standard InChI is InChI=1S/C19H21F2N5O3/c1-9(2)13-4-3-5-15-23-17(25-26(13)15)19(28)22-12-8-29-14-7-10(20)6-11(21)16(14)24-18(12)27/h6-7,9,12-13H,3-5,8H2,1-2H3,(H,22,28)(H,24,27). The third-order valence-electron chi connectivity index (χ3n) is 5.18. The molecule has 1 aromatic heterocycles. The number of ether oxygens (including phenoxy) is 1. The molecule has 0 radical (unpaired) electrons. The van der Waals surface area contributed by atoms with E-state index in [-0.39, 0.29) is 29.9 Å². The van der Waals surface area contributed by atoms with Gasteiger partial charge in [-0.25, -0.2) is 18.4 Å². The predicted molar refractivity (Wildman–Crippen MR) is 98.6 cm³/mol. The second kappa shape index (κ2) is 7.41. The van der Waals surface area contributed by atoms with E-state index in [0.29, 0.717) is 12.0 Å². The lowest BCUT2D eigenvalue weighted by atomic mass is 9.95. The fourth-order valence-corrected chi connectivity index (χ4v) is 3.67. The van der Waals surface area contributed by atoms with E-state index in [0.717, 1.165) is 31.2 Å². The van der Waals surface area contributed by atoms with E-state index in [1.807, 2.05) is 0 Å². The van der Waals surface area contributed by atoms with Gasteiger partial charge in [0.1, 0.15) is 35.7 Å². The van der Waals surface area contributed by atoms with E-state index in [1.165, 1.54) is 0 Å². The Kier molecular flexibility index (Phi) is 4.93. The van der Waals surface area contributed by atoms with E-state index in [1.54, 1.807) is 4.68 Å². The van der Waals surface area contributed by atoms with Crippen LogP contribution in [0.3, 0.4) is 0 Å². The topological polar surface area (TPSA) is 98.1 Å². The molecule has 8 nitrogen and oxygen atoms in total. The molecule has 0 saturated carbocycles. The van der Waals surface area contributed by atoms with Crippen LogP contribution in [-0.4, -0.2) is 39.2 Å². The minimum Gasteiger partial charge on any atom is -0.488 e. The molecule has 2 aromatic rings. The van der Waals surface area contributed by atoms with Crippen molar-refractivity contribution in [3.8, 4) is 5.75 Å². The molecule has 29 heavy (non-hydrogen) atoms. The average molecular weight is 405 g/mol. The van der Waals surface area contributed by atoms with Crippen LogP contribution in [0, 0.1) is 17.6 Å². The van der Waals surface area contributed by atoms with Crippen LogP contribution in [0.25, 0.3) is 0 Å². The molecule has 0 saturated heterocycles. The zero-order valence-electron chi connectivity index (χ0n) is 16.0. The van der Waals surface area contributed by atoms with Crippen LogP contribution >= 0.6 is 0 Å². The highest BCUT2D eigenvalue weighted by atomic mass is 19.1. The number of carbonyl (C=O) groups is 2. The Hall–Kier alpha value is -3.04. The number of anilines is 1. The average Bonchev–Trinajstić information content (AvgIpc) is 3.04. The van der Waals surface area contributed by atoms with Crippen molar-refractivity contribution in [1.29, 1.82) is 0 Å². The molecule has 3 heterocycles. The van der Waals surface area contributed by atoms with Crippen molar-refractivity contribution in [3.63, 3.8) is 0 Å². The summed E-state index contributed by atoms with van der Waals surface area (Å²) in [5.74, 6) is -2.16. The summed E-state index contributed by atoms with van der Waals surface area (Å²) in [6, 6.07) is 0.676. The van der Waals surface area contributed by atoms with Crippen molar-refractivity contribution in [1.82, 2.24) is 20.1 Å². The Morgan fingerprint density at radius 2 is 2.17 bits per heavy atom. The van der Waals surface area contributed by atoms with Crippen LogP contribution in [0.15, 0.2) is 12.1 Å². The SMILES string of the molecule is CC(C)C1CCCc2nc(C(=O)NC3COc4cc(F)cc(F)c4NC3=O)nn21. The quantitative estimate of drug-likeness (QED) is 0.816. The molecule has 1 aromatic carbocycles. The lowest BCUT2D eigenvalue weighted by Gasteiger charge is -2.26. The number of fused-ring (bicyclic) bond motifs is 2. The van der Waals surface area contributed by atoms with Crippen LogP contribution in [0.4, 0.5) is 14.5 Å². The molecule has 10 heteroatoms. The van der Waals surface area contributed by atoms with Gasteiger partial charge in [0.25, 0.3) is 11.8 Å². The summed E-state index contributed by atoms with van der Waals surface area (Å²) in [4.78, 5) is 29.4. The molecule has 154 valence electrons. The fraction of sp³-hybridized carbons (Fsp3) is 0.474. The summed E-state index contributed by atoms with van der Waals surface area (Å²) in [6.45, 7) is 3.90. The number of nitrogens with one attached hydrogen (secondary N) is 2. The minimum atomic E-state index is -1.11. The van der Waals surface area contributed by atoms with Crippen LogP contribution < -0.4 is 15.4 Å². The van der Waals surface area contributed by atoms with E-state index in [4.69, 9.17) is 4.74 Å². The minimum absolute atomic E-state index is 0.0284. The number of carbonyl (C=O) groups excluding carboxylic acids is 2. The van der Waals surface area contributed by atoms with Crippen molar-refractivity contribution < 1.29 is 23.1 Å². The van der Waals surface area contributed by atoms with Crippen molar-refractivity contribution >= 4 is 17.5 Å². The number of amides is 2. The van der Waals surface area contributed by atoms with Gasteiger partial charge in [-0.15, -0.1) is 5.10 Å². The monoisotopic (exact) mass is 405 g/mol. The first-order chi connectivity index (χ1) is 13.8. The van der Waals surface area contributed by atoms with Crippen molar-refractivity contribution in [2.24, 2.45) is 5.92 Å². The third kappa shape index (κ3) is 3.66. The summed E-state index contributed by atoms with van der Waals surface area (Å²) in [5.41, 5.74) is -0.261. The summed E-state index contributed by atoms with van der Waals surface area (Å²) in [6.07, 6.45) is 2.67. The Labute approximate surface area is 165 Å². The van der Waals surface area contributed by atoms with E-state index in [2.05, 4.69) is 34.6 Å². The summed E-state index contributed by atoms with van der Waals surface area (Å²) in [7, 11) is 0.